The third-order valence-electron chi connectivity index (χ3n) is 3.29. The summed E-state index contributed by atoms with van der Waals surface area (Å²) in [5.41, 5.74) is 0. The van der Waals surface area contributed by atoms with Crippen molar-refractivity contribution in [3.63, 3.8) is 0 Å². The van der Waals surface area contributed by atoms with Crippen LogP contribution in [0.3, 0.4) is 0 Å². The SMILES string of the molecule is CNCCC(=O)N(CC1CC1)CC1CC1. The summed E-state index contributed by atoms with van der Waals surface area (Å²) in [4.78, 5) is 14.0. The maximum absolute atomic E-state index is 11.9. The van der Waals surface area contributed by atoms with E-state index in [0.717, 1.165) is 31.5 Å². The van der Waals surface area contributed by atoms with E-state index in [2.05, 4.69) is 10.2 Å². The molecule has 0 bridgehead atoms. The molecular weight excluding hydrogens is 188 g/mol. The number of carbonyl (C=O) groups is 1. The summed E-state index contributed by atoms with van der Waals surface area (Å²) in [7, 11) is 1.90. The third-order valence-corrected chi connectivity index (χ3v) is 3.29. The van der Waals surface area contributed by atoms with Gasteiger partial charge in [0.15, 0.2) is 0 Å². The Morgan fingerprint density at radius 2 is 1.73 bits per heavy atom. The van der Waals surface area contributed by atoms with Crippen LogP contribution < -0.4 is 5.32 Å². The van der Waals surface area contributed by atoms with Gasteiger partial charge in [-0.1, -0.05) is 0 Å². The number of hydrogen-bond donors (Lipinski definition) is 1. The zero-order chi connectivity index (χ0) is 10.7. The van der Waals surface area contributed by atoms with Crippen molar-refractivity contribution in [1.29, 1.82) is 0 Å². The zero-order valence-corrected chi connectivity index (χ0v) is 9.67. The molecule has 0 aromatic rings. The van der Waals surface area contributed by atoms with Crippen LogP contribution in [0.5, 0.6) is 0 Å². The first kappa shape index (κ1) is 10.9. The summed E-state index contributed by atoms with van der Waals surface area (Å²) < 4.78 is 0. The average molecular weight is 210 g/mol. The van der Waals surface area contributed by atoms with E-state index in [0.29, 0.717) is 12.3 Å². The van der Waals surface area contributed by atoms with Crippen molar-refractivity contribution in [2.45, 2.75) is 32.1 Å². The monoisotopic (exact) mass is 210 g/mol. The molecule has 3 heteroatoms. The molecule has 0 saturated heterocycles. The van der Waals surface area contributed by atoms with Gasteiger partial charge in [0.05, 0.1) is 0 Å². The number of nitrogens with zero attached hydrogens (tertiary/aromatic N) is 1. The van der Waals surface area contributed by atoms with Crippen molar-refractivity contribution in [2.75, 3.05) is 26.7 Å². The molecule has 15 heavy (non-hydrogen) atoms. The largest absolute Gasteiger partial charge is 0.342 e. The fourth-order valence-corrected chi connectivity index (χ4v) is 1.89. The maximum Gasteiger partial charge on any atom is 0.223 e. The van der Waals surface area contributed by atoms with Crippen LogP contribution in [0.25, 0.3) is 0 Å². The summed E-state index contributed by atoms with van der Waals surface area (Å²) in [6, 6.07) is 0. The minimum atomic E-state index is 0.350. The Bertz CT molecular complexity index is 208. The summed E-state index contributed by atoms with van der Waals surface area (Å²) in [6.45, 7) is 2.86. The highest BCUT2D eigenvalue weighted by Crippen LogP contribution is 2.33. The van der Waals surface area contributed by atoms with Crippen LogP contribution in [0.2, 0.25) is 0 Å². The first-order chi connectivity index (χ1) is 7.29. The summed E-state index contributed by atoms with van der Waals surface area (Å²) >= 11 is 0. The lowest BCUT2D eigenvalue weighted by Gasteiger charge is -2.22. The van der Waals surface area contributed by atoms with Crippen LogP contribution in [0.15, 0.2) is 0 Å². The van der Waals surface area contributed by atoms with Crippen LogP contribution in [-0.2, 0) is 4.79 Å². The van der Waals surface area contributed by atoms with Gasteiger partial charge in [-0.3, -0.25) is 4.79 Å². The minimum Gasteiger partial charge on any atom is -0.342 e. The van der Waals surface area contributed by atoms with Crippen LogP contribution in [0.4, 0.5) is 0 Å². The Kier molecular flexibility index (Phi) is 3.62. The van der Waals surface area contributed by atoms with Crippen LogP contribution in [0.1, 0.15) is 32.1 Å². The number of rotatable bonds is 7. The Labute approximate surface area is 92.2 Å². The Balaban J connectivity index is 1.75. The predicted molar refractivity (Wildman–Crippen MR) is 60.6 cm³/mol. The number of carbonyl (C=O) groups excluding carboxylic acids is 1. The van der Waals surface area contributed by atoms with E-state index in [-0.39, 0.29) is 0 Å². The smallest absolute Gasteiger partial charge is 0.223 e. The molecule has 1 amide bonds. The molecule has 2 fully saturated rings. The Morgan fingerprint density at radius 3 is 2.13 bits per heavy atom. The van der Waals surface area contributed by atoms with Gasteiger partial charge in [0.1, 0.15) is 0 Å². The van der Waals surface area contributed by atoms with Crippen molar-refractivity contribution < 1.29 is 4.79 Å². The van der Waals surface area contributed by atoms with E-state index in [1.807, 2.05) is 7.05 Å². The Hall–Kier alpha value is -0.570. The lowest BCUT2D eigenvalue weighted by Crippen LogP contribution is -2.36. The van der Waals surface area contributed by atoms with E-state index in [4.69, 9.17) is 0 Å². The molecule has 2 rings (SSSR count). The quantitative estimate of drug-likeness (QED) is 0.686. The molecule has 0 aliphatic heterocycles. The first-order valence-electron chi connectivity index (χ1n) is 6.22. The molecule has 2 aliphatic carbocycles. The zero-order valence-electron chi connectivity index (χ0n) is 9.67. The molecule has 0 unspecified atom stereocenters. The molecule has 2 aliphatic rings. The molecule has 2 saturated carbocycles. The second-order valence-electron chi connectivity index (χ2n) is 5.04. The molecule has 0 heterocycles. The molecular formula is C12H22N2O. The first-order valence-corrected chi connectivity index (χ1v) is 6.22. The lowest BCUT2D eigenvalue weighted by molar-refractivity contribution is -0.131. The van der Waals surface area contributed by atoms with Gasteiger partial charge in [-0.2, -0.15) is 0 Å². The standard InChI is InChI=1S/C12H22N2O/c1-13-7-6-12(15)14(8-10-2-3-10)9-11-4-5-11/h10-11,13H,2-9H2,1H3. The highest BCUT2D eigenvalue weighted by Gasteiger charge is 2.30. The van der Waals surface area contributed by atoms with Gasteiger partial charge in [0.2, 0.25) is 5.91 Å². The van der Waals surface area contributed by atoms with Crippen LogP contribution in [0, 0.1) is 11.8 Å². The van der Waals surface area contributed by atoms with Crippen LogP contribution in [-0.4, -0.2) is 37.5 Å². The van der Waals surface area contributed by atoms with Gasteiger partial charge >= 0.3 is 0 Å². The maximum atomic E-state index is 11.9. The molecule has 86 valence electrons. The molecule has 3 nitrogen and oxygen atoms in total. The highest BCUT2D eigenvalue weighted by atomic mass is 16.2. The van der Waals surface area contributed by atoms with E-state index in [9.17, 15) is 4.79 Å². The minimum absolute atomic E-state index is 0.350. The fourth-order valence-electron chi connectivity index (χ4n) is 1.89. The molecule has 0 radical (unpaired) electrons. The lowest BCUT2D eigenvalue weighted by atomic mass is 10.2. The van der Waals surface area contributed by atoms with Crippen LogP contribution >= 0.6 is 0 Å². The third kappa shape index (κ3) is 3.82. The van der Waals surface area contributed by atoms with Crippen molar-refractivity contribution in [1.82, 2.24) is 10.2 Å². The summed E-state index contributed by atoms with van der Waals surface area (Å²) in [5, 5.41) is 3.04. The number of hydrogen-bond acceptors (Lipinski definition) is 2. The van der Waals surface area contributed by atoms with Gasteiger partial charge in [0, 0.05) is 26.1 Å². The van der Waals surface area contributed by atoms with Crippen molar-refractivity contribution in [2.24, 2.45) is 11.8 Å². The molecule has 0 atom stereocenters. The number of amides is 1. The van der Waals surface area contributed by atoms with Gasteiger partial charge < -0.3 is 10.2 Å². The second-order valence-corrected chi connectivity index (χ2v) is 5.04. The molecule has 0 aromatic carbocycles. The second kappa shape index (κ2) is 4.97. The number of nitrogens with one attached hydrogen (secondary N) is 1. The normalized spacial score (nSPS) is 20.3. The van der Waals surface area contributed by atoms with Crippen molar-refractivity contribution in [3.05, 3.63) is 0 Å². The molecule has 0 aromatic heterocycles. The fraction of sp³-hybridized carbons (Fsp3) is 0.917. The average Bonchev–Trinajstić information content (AvgIpc) is 3.06. The predicted octanol–water partition coefficient (Wildman–Crippen LogP) is 1.24. The van der Waals surface area contributed by atoms with E-state index in [1.54, 1.807) is 0 Å². The molecule has 1 N–H and O–H groups in total. The molecule has 0 spiro atoms. The van der Waals surface area contributed by atoms with Gasteiger partial charge in [0.25, 0.3) is 0 Å². The summed E-state index contributed by atoms with van der Waals surface area (Å²) in [6.07, 6.45) is 6.00. The van der Waals surface area contributed by atoms with Crippen molar-refractivity contribution in [3.8, 4) is 0 Å². The topological polar surface area (TPSA) is 32.3 Å². The van der Waals surface area contributed by atoms with E-state index < -0.39 is 0 Å². The Morgan fingerprint density at radius 1 is 1.20 bits per heavy atom. The van der Waals surface area contributed by atoms with E-state index >= 15 is 0 Å². The van der Waals surface area contributed by atoms with Gasteiger partial charge in [-0.25, -0.2) is 0 Å². The van der Waals surface area contributed by atoms with Gasteiger partial charge in [-0.05, 0) is 44.6 Å². The highest BCUT2D eigenvalue weighted by molar-refractivity contribution is 5.76. The van der Waals surface area contributed by atoms with Gasteiger partial charge in [-0.15, -0.1) is 0 Å². The summed E-state index contributed by atoms with van der Waals surface area (Å²) in [5.74, 6) is 1.99. The van der Waals surface area contributed by atoms with E-state index in [1.165, 1.54) is 25.7 Å². The van der Waals surface area contributed by atoms with Crippen molar-refractivity contribution >= 4 is 5.91 Å².